The van der Waals surface area contributed by atoms with Crippen molar-refractivity contribution < 1.29 is 27.1 Å². The zero-order valence-electron chi connectivity index (χ0n) is 13.8. The number of halogens is 5. The molecule has 1 heterocycles. The molecule has 1 aliphatic heterocycles. The summed E-state index contributed by atoms with van der Waals surface area (Å²) in [6.45, 7) is 1.58. The Balaban J connectivity index is 1.66. The fourth-order valence-corrected chi connectivity index (χ4v) is 4.04. The highest BCUT2D eigenvalue weighted by Crippen LogP contribution is 2.48. The third-order valence-electron chi connectivity index (χ3n) is 5.63. The third-order valence-corrected chi connectivity index (χ3v) is 5.63. The predicted molar refractivity (Wildman–Crippen MR) is 83.2 cm³/mol. The number of alkyl halides is 5. The van der Waals surface area contributed by atoms with Crippen LogP contribution >= 0.6 is 0 Å². The van der Waals surface area contributed by atoms with Crippen LogP contribution in [0.25, 0.3) is 0 Å². The smallest absolute Gasteiger partial charge is 0.392 e. The first kappa shape index (κ1) is 18.6. The topological polar surface area (TPSA) is 23.5 Å². The Bertz CT molecular complexity index is 588. The van der Waals surface area contributed by atoms with Gasteiger partial charge >= 0.3 is 6.18 Å². The molecule has 1 aromatic rings. The summed E-state index contributed by atoms with van der Waals surface area (Å²) in [7, 11) is 0. The molecule has 1 N–H and O–H groups in total. The highest BCUT2D eigenvalue weighted by Gasteiger charge is 2.49. The first-order valence-electron chi connectivity index (χ1n) is 8.54. The zero-order chi connectivity index (χ0) is 18.3. The standard InChI is InChI=1S/C18H22F5NO/c19-17(20)8-6-16(7-9-17)12-24(10-5-15(16)25)11-13-1-3-14(4-2-13)18(21,22)23/h1-4,15,25H,5-12H2. The van der Waals surface area contributed by atoms with Crippen LogP contribution in [0, 0.1) is 5.41 Å². The van der Waals surface area contributed by atoms with Crippen molar-refractivity contribution in [2.45, 2.75) is 56.9 Å². The van der Waals surface area contributed by atoms with Crippen molar-refractivity contribution in [2.75, 3.05) is 13.1 Å². The number of aliphatic hydroxyl groups is 1. The molecule has 7 heteroatoms. The molecular formula is C18H22F5NO. The number of piperidine rings is 1. The Labute approximate surface area is 143 Å². The van der Waals surface area contributed by atoms with E-state index >= 15 is 0 Å². The lowest BCUT2D eigenvalue weighted by molar-refractivity contribution is -0.137. The highest BCUT2D eigenvalue weighted by atomic mass is 19.4. The number of aliphatic hydroxyl groups excluding tert-OH is 1. The minimum atomic E-state index is -4.36. The van der Waals surface area contributed by atoms with Gasteiger partial charge in [0.25, 0.3) is 0 Å². The van der Waals surface area contributed by atoms with E-state index in [1.54, 1.807) is 0 Å². The summed E-state index contributed by atoms with van der Waals surface area (Å²) >= 11 is 0. The van der Waals surface area contributed by atoms with Gasteiger partial charge in [-0.05, 0) is 37.0 Å². The van der Waals surface area contributed by atoms with E-state index < -0.39 is 29.2 Å². The summed E-state index contributed by atoms with van der Waals surface area (Å²) in [6, 6.07) is 5.03. The molecule has 3 rings (SSSR count). The first-order valence-corrected chi connectivity index (χ1v) is 8.54. The van der Waals surface area contributed by atoms with Gasteiger partial charge in [-0.2, -0.15) is 13.2 Å². The van der Waals surface area contributed by atoms with Gasteiger partial charge < -0.3 is 5.11 Å². The Morgan fingerprint density at radius 3 is 2.20 bits per heavy atom. The summed E-state index contributed by atoms with van der Waals surface area (Å²) in [5, 5.41) is 10.4. The van der Waals surface area contributed by atoms with Crippen molar-refractivity contribution in [1.29, 1.82) is 0 Å². The minimum Gasteiger partial charge on any atom is -0.392 e. The van der Waals surface area contributed by atoms with Gasteiger partial charge in [0.05, 0.1) is 11.7 Å². The molecule has 2 fully saturated rings. The Hall–Kier alpha value is -1.21. The SMILES string of the molecule is OC1CCN(Cc2ccc(C(F)(F)F)cc2)CC12CCC(F)(F)CC2. The molecule has 140 valence electrons. The van der Waals surface area contributed by atoms with Crippen molar-refractivity contribution in [2.24, 2.45) is 5.41 Å². The van der Waals surface area contributed by atoms with Crippen LogP contribution in [0.15, 0.2) is 24.3 Å². The van der Waals surface area contributed by atoms with Crippen LogP contribution in [0.4, 0.5) is 22.0 Å². The van der Waals surface area contributed by atoms with Gasteiger partial charge in [0.1, 0.15) is 0 Å². The number of benzene rings is 1. The van der Waals surface area contributed by atoms with E-state index in [2.05, 4.69) is 4.90 Å². The molecule has 1 atom stereocenters. The maximum absolute atomic E-state index is 13.5. The fourth-order valence-electron chi connectivity index (χ4n) is 4.04. The molecule has 1 spiro atoms. The lowest BCUT2D eigenvalue weighted by Gasteiger charge is -2.49. The summed E-state index contributed by atoms with van der Waals surface area (Å²) < 4.78 is 64.8. The zero-order valence-corrected chi connectivity index (χ0v) is 13.8. The number of likely N-dealkylation sites (tertiary alicyclic amines) is 1. The van der Waals surface area contributed by atoms with Crippen molar-refractivity contribution in [3.8, 4) is 0 Å². The van der Waals surface area contributed by atoms with E-state index in [1.807, 2.05) is 0 Å². The van der Waals surface area contributed by atoms with Gasteiger partial charge in [0, 0.05) is 37.9 Å². The minimum absolute atomic E-state index is 0.210. The summed E-state index contributed by atoms with van der Waals surface area (Å²) in [5.41, 5.74) is -0.455. The lowest BCUT2D eigenvalue weighted by Crippen LogP contribution is -2.54. The molecular weight excluding hydrogens is 341 g/mol. The Morgan fingerprint density at radius 1 is 1.04 bits per heavy atom. The van der Waals surface area contributed by atoms with Crippen LogP contribution in [0.5, 0.6) is 0 Å². The van der Waals surface area contributed by atoms with Gasteiger partial charge in [-0.3, -0.25) is 4.90 Å². The highest BCUT2D eigenvalue weighted by molar-refractivity contribution is 5.24. The molecule has 1 saturated heterocycles. The van der Waals surface area contributed by atoms with Crippen LogP contribution in [-0.4, -0.2) is 35.1 Å². The Morgan fingerprint density at radius 2 is 1.64 bits per heavy atom. The summed E-state index contributed by atoms with van der Waals surface area (Å²) in [5.74, 6) is -2.65. The molecule has 1 saturated carbocycles. The molecule has 2 aliphatic rings. The van der Waals surface area contributed by atoms with Crippen molar-refractivity contribution in [3.05, 3.63) is 35.4 Å². The molecule has 0 bridgehead atoms. The van der Waals surface area contributed by atoms with Crippen LogP contribution in [0.2, 0.25) is 0 Å². The number of hydrogen-bond donors (Lipinski definition) is 1. The van der Waals surface area contributed by atoms with E-state index in [0.29, 0.717) is 26.1 Å². The monoisotopic (exact) mass is 363 g/mol. The van der Waals surface area contributed by atoms with Gasteiger partial charge in [-0.25, -0.2) is 8.78 Å². The largest absolute Gasteiger partial charge is 0.416 e. The third kappa shape index (κ3) is 4.14. The second kappa shape index (κ2) is 6.50. The van der Waals surface area contributed by atoms with Gasteiger partial charge in [0.15, 0.2) is 0 Å². The molecule has 0 aromatic heterocycles. The van der Waals surface area contributed by atoms with E-state index in [4.69, 9.17) is 0 Å². The quantitative estimate of drug-likeness (QED) is 0.784. The second-order valence-corrected chi connectivity index (χ2v) is 7.43. The van der Waals surface area contributed by atoms with E-state index in [1.165, 1.54) is 12.1 Å². The van der Waals surface area contributed by atoms with Crippen molar-refractivity contribution >= 4 is 0 Å². The van der Waals surface area contributed by atoms with E-state index in [9.17, 15) is 27.1 Å². The number of rotatable bonds is 2. The molecule has 1 aliphatic carbocycles. The molecule has 1 unspecified atom stereocenters. The average Bonchev–Trinajstić information content (AvgIpc) is 2.53. The van der Waals surface area contributed by atoms with Gasteiger partial charge in [-0.15, -0.1) is 0 Å². The van der Waals surface area contributed by atoms with E-state index in [-0.39, 0.29) is 25.7 Å². The maximum Gasteiger partial charge on any atom is 0.416 e. The van der Waals surface area contributed by atoms with Crippen LogP contribution in [0.1, 0.15) is 43.2 Å². The van der Waals surface area contributed by atoms with Crippen molar-refractivity contribution in [1.82, 2.24) is 4.90 Å². The van der Waals surface area contributed by atoms with Gasteiger partial charge in [-0.1, -0.05) is 12.1 Å². The number of nitrogens with zero attached hydrogens (tertiary/aromatic N) is 1. The molecule has 25 heavy (non-hydrogen) atoms. The van der Waals surface area contributed by atoms with Crippen LogP contribution in [-0.2, 0) is 12.7 Å². The molecule has 0 amide bonds. The summed E-state index contributed by atoms with van der Waals surface area (Å²) in [6.07, 6.45) is -4.30. The Kier molecular flexibility index (Phi) is 4.83. The second-order valence-electron chi connectivity index (χ2n) is 7.43. The van der Waals surface area contributed by atoms with E-state index in [0.717, 1.165) is 17.7 Å². The first-order chi connectivity index (χ1) is 11.6. The molecule has 2 nitrogen and oxygen atoms in total. The van der Waals surface area contributed by atoms with Crippen LogP contribution < -0.4 is 0 Å². The predicted octanol–water partition coefficient (Wildman–Crippen LogP) is 4.47. The summed E-state index contributed by atoms with van der Waals surface area (Å²) in [4.78, 5) is 2.05. The lowest BCUT2D eigenvalue weighted by atomic mass is 9.66. The van der Waals surface area contributed by atoms with Gasteiger partial charge in [0.2, 0.25) is 5.92 Å². The molecule has 1 aromatic carbocycles. The van der Waals surface area contributed by atoms with Crippen LogP contribution in [0.3, 0.4) is 0 Å². The maximum atomic E-state index is 13.5. The fraction of sp³-hybridized carbons (Fsp3) is 0.667. The van der Waals surface area contributed by atoms with Crippen molar-refractivity contribution in [3.63, 3.8) is 0 Å². The average molecular weight is 363 g/mol. The normalized spacial score (nSPS) is 26.7. The number of hydrogen-bond acceptors (Lipinski definition) is 2. The molecule has 0 radical (unpaired) electrons.